The van der Waals surface area contributed by atoms with Crippen LogP contribution in [0.15, 0.2) is 18.2 Å². The maximum atomic E-state index is 11.9. The van der Waals surface area contributed by atoms with Crippen molar-refractivity contribution in [3.05, 3.63) is 33.8 Å². The van der Waals surface area contributed by atoms with Crippen molar-refractivity contribution in [2.24, 2.45) is 11.1 Å². The van der Waals surface area contributed by atoms with Gasteiger partial charge in [-0.1, -0.05) is 37.0 Å². The number of halogens is 2. The van der Waals surface area contributed by atoms with E-state index in [9.17, 15) is 4.79 Å². The first-order valence-electron chi connectivity index (χ1n) is 5.04. The molecule has 0 unspecified atom stereocenters. The fourth-order valence-corrected chi connectivity index (χ4v) is 1.58. The largest absolute Gasteiger partial charge is 0.329 e. The number of nitrogens with two attached hydrogens (primary N) is 1. The van der Waals surface area contributed by atoms with Gasteiger partial charge in [0.25, 0.3) is 0 Å². The average molecular weight is 260 g/mol. The van der Waals surface area contributed by atoms with Gasteiger partial charge in [0.1, 0.15) is 5.78 Å². The molecule has 0 aromatic heterocycles. The number of ketones is 1. The summed E-state index contributed by atoms with van der Waals surface area (Å²) in [5.74, 6) is 0.0687. The van der Waals surface area contributed by atoms with Crippen LogP contribution in [0.5, 0.6) is 0 Å². The third kappa shape index (κ3) is 3.21. The Morgan fingerprint density at radius 2 is 2.00 bits per heavy atom. The van der Waals surface area contributed by atoms with Crippen LogP contribution >= 0.6 is 23.2 Å². The predicted octanol–water partition coefficient (Wildman–Crippen LogP) is 3.09. The van der Waals surface area contributed by atoms with E-state index in [0.717, 1.165) is 5.56 Å². The molecule has 0 aliphatic rings. The van der Waals surface area contributed by atoms with E-state index in [0.29, 0.717) is 16.6 Å². The summed E-state index contributed by atoms with van der Waals surface area (Å²) in [7, 11) is 0. The number of Topliss-reactive ketones (excluding diaryl/α,β-unsaturated/α-hetero) is 1. The van der Waals surface area contributed by atoms with Gasteiger partial charge in [-0.25, -0.2) is 0 Å². The molecule has 0 aliphatic carbocycles. The van der Waals surface area contributed by atoms with Crippen LogP contribution in [0, 0.1) is 5.41 Å². The van der Waals surface area contributed by atoms with E-state index in [4.69, 9.17) is 28.9 Å². The van der Waals surface area contributed by atoms with E-state index < -0.39 is 5.41 Å². The van der Waals surface area contributed by atoms with Crippen molar-refractivity contribution in [3.8, 4) is 0 Å². The molecule has 88 valence electrons. The number of benzene rings is 1. The summed E-state index contributed by atoms with van der Waals surface area (Å²) in [4.78, 5) is 11.9. The smallest absolute Gasteiger partial charge is 0.144 e. The standard InChI is InChI=1S/C12H15Cl2NO/c1-12(2,7-15)11(16)6-8-5-9(13)3-4-10(8)14/h3-5H,6-7,15H2,1-2H3. The molecule has 16 heavy (non-hydrogen) atoms. The summed E-state index contributed by atoms with van der Waals surface area (Å²) >= 11 is 11.8. The topological polar surface area (TPSA) is 43.1 Å². The Labute approximate surface area is 106 Å². The molecule has 0 radical (unpaired) electrons. The Kier molecular flexibility index (Phi) is 4.36. The zero-order valence-electron chi connectivity index (χ0n) is 9.39. The Balaban J connectivity index is 2.89. The Morgan fingerprint density at radius 3 is 2.56 bits per heavy atom. The van der Waals surface area contributed by atoms with Crippen molar-refractivity contribution >= 4 is 29.0 Å². The molecule has 0 spiro atoms. The van der Waals surface area contributed by atoms with Crippen molar-refractivity contribution in [1.29, 1.82) is 0 Å². The van der Waals surface area contributed by atoms with Gasteiger partial charge in [-0.3, -0.25) is 4.79 Å². The summed E-state index contributed by atoms with van der Waals surface area (Å²) in [6, 6.07) is 5.11. The summed E-state index contributed by atoms with van der Waals surface area (Å²) in [5, 5.41) is 1.14. The zero-order chi connectivity index (χ0) is 12.3. The molecule has 1 aromatic rings. The predicted molar refractivity (Wildman–Crippen MR) is 68.0 cm³/mol. The van der Waals surface area contributed by atoms with E-state index in [1.165, 1.54) is 0 Å². The van der Waals surface area contributed by atoms with Gasteiger partial charge in [0.05, 0.1) is 0 Å². The molecular formula is C12H15Cl2NO. The lowest BCUT2D eigenvalue weighted by atomic mass is 9.85. The molecule has 0 atom stereocenters. The summed E-state index contributed by atoms with van der Waals surface area (Å²) in [6.45, 7) is 3.98. The monoisotopic (exact) mass is 259 g/mol. The summed E-state index contributed by atoms with van der Waals surface area (Å²) in [5.41, 5.74) is 5.78. The van der Waals surface area contributed by atoms with Crippen LogP contribution in [0.1, 0.15) is 19.4 Å². The number of carbonyl (C=O) groups excluding carboxylic acids is 1. The molecule has 4 heteroatoms. The van der Waals surface area contributed by atoms with Gasteiger partial charge in [-0.05, 0) is 23.8 Å². The maximum Gasteiger partial charge on any atom is 0.144 e. The summed E-state index contributed by atoms with van der Waals surface area (Å²) in [6.07, 6.45) is 0.267. The molecule has 0 bridgehead atoms. The molecule has 2 N–H and O–H groups in total. The van der Waals surface area contributed by atoms with Gasteiger partial charge in [0.15, 0.2) is 0 Å². The van der Waals surface area contributed by atoms with Crippen LogP contribution in [-0.2, 0) is 11.2 Å². The normalized spacial score (nSPS) is 11.6. The Bertz CT molecular complexity index is 402. The lowest BCUT2D eigenvalue weighted by Crippen LogP contribution is -2.33. The second-order valence-corrected chi connectivity index (χ2v) is 5.27. The molecule has 0 aliphatic heterocycles. The molecule has 1 rings (SSSR count). The average Bonchev–Trinajstić information content (AvgIpc) is 2.23. The quantitative estimate of drug-likeness (QED) is 0.903. The van der Waals surface area contributed by atoms with Crippen LogP contribution in [-0.4, -0.2) is 12.3 Å². The Hall–Kier alpha value is -0.570. The number of hydrogen-bond acceptors (Lipinski definition) is 2. The van der Waals surface area contributed by atoms with Gasteiger partial charge in [0, 0.05) is 28.4 Å². The van der Waals surface area contributed by atoms with Crippen LogP contribution in [0.2, 0.25) is 10.0 Å². The lowest BCUT2D eigenvalue weighted by molar-refractivity contribution is -0.125. The third-order valence-electron chi connectivity index (χ3n) is 2.62. The number of carbonyl (C=O) groups is 1. The van der Waals surface area contributed by atoms with Crippen molar-refractivity contribution in [1.82, 2.24) is 0 Å². The van der Waals surface area contributed by atoms with Gasteiger partial charge in [-0.15, -0.1) is 0 Å². The highest BCUT2D eigenvalue weighted by Crippen LogP contribution is 2.24. The minimum Gasteiger partial charge on any atom is -0.329 e. The van der Waals surface area contributed by atoms with Gasteiger partial charge < -0.3 is 5.73 Å². The highest BCUT2D eigenvalue weighted by molar-refractivity contribution is 6.33. The van der Waals surface area contributed by atoms with Gasteiger partial charge in [0.2, 0.25) is 0 Å². The molecular weight excluding hydrogens is 245 g/mol. The van der Waals surface area contributed by atoms with Gasteiger partial charge in [-0.2, -0.15) is 0 Å². The SMILES string of the molecule is CC(C)(CN)C(=O)Cc1cc(Cl)ccc1Cl. The first-order chi connectivity index (χ1) is 7.36. The molecule has 0 fully saturated rings. The Morgan fingerprint density at radius 1 is 1.38 bits per heavy atom. The van der Waals surface area contributed by atoms with Crippen LogP contribution < -0.4 is 5.73 Å². The molecule has 1 aromatic carbocycles. The molecule has 0 saturated carbocycles. The van der Waals surface area contributed by atoms with Crippen molar-refractivity contribution in [3.63, 3.8) is 0 Å². The fourth-order valence-electron chi connectivity index (χ4n) is 1.20. The van der Waals surface area contributed by atoms with E-state index >= 15 is 0 Å². The second-order valence-electron chi connectivity index (χ2n) is 4.42. The first-order valence-corrected chi connectivity index (χ1v) is 5.79. The van der Waals surface area contributed by atoms with Crippen LogP contribution in [0.4, 0.5) is 0 Å². The van der Waals surface area contributed by atoms with Crippen molar-refractivity contribution < 1.29 is 4.79 Å². The van der Waals surface area contributed by atoms with Crippen LogP contribution in [0.25, 0.3) is 0 Å². The minimum absolute atomic E-state index is 0.0687. The van der Waals surface area contributed by atoms with Crippen molar-refractivity contribution in [2.45, 2.75) is 20.3 Å². The van der Waals surface area contributed by atoms with E-state index in [1.54, 1.807) is 18.2 Å². The van der Waals surface area contributed by atoms with Crippen LogP contribution in [0.3, 0.4) is 0 Å². The maximum absolute atomic E-state index is 11.9. The lowest BCUT2D eigenvalue weighted by Gasteiger charge is -2.20. The van der Waals surface area contributed by atoms with Gasteiger partial charge >= 0.3 is 0 Å². The zero-order valence-corrected chi connectivity index (χ0v) is 10.9. The highest BCUT2D eigenvalue weighted by Gasteiger charge is 2.26. The highest BCUT2D eigenvalue weighted by atomic mass is 35.5. The summed E-state index contributed by atoms with van der Waals surface area (Å²) < 4.78 is 0. The number of rotatable bonds is 4. The molecule has 0 saturated heterocycles. The second kappa shape index (κ2) is 5.17. The van der Waals surface area contributed by atoms with E-state index in [1.807, 2.05) is 13.8 Å². The van der Waals surface area contributed by atoms with E-state index in [-0.39, 0.29) is 12.2 Å². The van der Waals surface area contributed by atoms with E-state index in [2.05, 4.69) is 0 Å². The molecule has 0 heterocycles. The fraction of sp³-hybridized carbons (Fsp3) is 0.417. The van der Waals surface area contributed by atoms with Crippen molar-refractivity contribution in [2.75, 3.05) is 6.54 Å². The first kappa shape index (κ1) is 13.5. The molecule has 2 nitrogen and oxygen atoms in total. The minimum atomic E-state index is -0.522. The number of hydrogen-bond donors (Lipinski definition) is 1. The molecule has 0 amide bonds. The third-order valence-corrected chi connectivity index (χ3v) is 3.23.